The van der Waals surface area contributed by atoms with Crippen LogP contribution in [0.15, 0.2) is 48.5 Å². The minimum atomic E-state index is -4.50. The lowest BCUT2D eigenvalue weighted by molar-refractivity contribution is -0.223. The van der Waals surface area contributed by atoms with Crippen LogP contribution in [0.4, 0.5) is 26.3 Å². The standard InChI is InChI=1S/C16H12F6/c17-10-9-11-1-3-12(4-2-11)15(19,20)16(21,22)13-5-7-14(18)8-6-13/h1-8H,9-10H2. The van der Waals surface area contributed by atoms with Crippen molar-refractivity contribution in [3.05, 3.63) is 71.0 Å². The van der Waals surface area contributed by atoms with Crippen molar-refractivity contribution in [1.29, 1.82) is 0 Å². The van der Waals surface area contributed by atoms with Gasteiger partial charge in [-0.05, 0) is 29.8 Å². The maximum atomic E-state index is 14.1. The highest BCUT2D eigenvalue weighted by Gasteiger charge is 2.58. The zero-order chi connectivity index (χ0) is 16.4. The lowest BCUT2D eigenvalue weighted by atomic mass is 9.95. The molecular formula is C16H12F6. The Labute approximate surface area is 123 Å². The Hall–Kier alpha value is -1.98. The Morgan fingerprint density at radius 2 is 1.09 bits per heavy atom. The van der Waals surface area contributed by atoms with Crippen LogP contribution in [-0.2, 0) is 18.3 Å². The van der Waals surface area contributed by atoms with Gasteiger partial charge in [0.15, 0.2) is 0 Å². The summed E-state index contributed by atoms with van der Waals surface area (Å²) in [6.45, 7) is -0.665. The number of hydrogen-bond acceptors (Lipinski definition) is 0. The molecule has 118 valence electrons. The number of rotatable bonds is 5. The molecule has 0 heterocycles. The first-order valence-electron chi connectivity index (χ1n) is 6.46. The smallest absolute Gasteiger partial charge is 0.251 e. The SMILES string of the molecule is FCCc1ccc(C(F)(F)C(F)(F)c2ccc(F)cc2)cc1. The third-order valence-corrected chi connectivity index (χ3v) is 3.30. The second kappa shape index (κ2) is 6.02. The van der Waals surface area contributed by atoms with Crippen molar-refractivity contribution in [2.24, 2.45) is 0 Å². The van der Waals surface area contributed by atoms with Crippen LogP contribution in [0.25, 0.3) is 0 Å². The summed E-state index contributed by atoms with van der Waals surface area (Å²) in [7, 11) is 0. The minimum absolute atomic E-state index is 0.0280. The molecule has 0 unspecified atom stereocenters. The Bertz CT molecular complexity index is 616. The fourth-order valence-corrected chi connectivity index (χ4v) is 2.01. The molecule has 2 aromatic rings. The van der Waals surface area contributed by atoms with Crippen LogP contribution in [0.1, 0.15) is 16.7 Å². The largest absolute Gasteiger partial charge is 0.339 e. The summed E-state index contributed by atoms with van der Waals surface area (Å²) in [6.07, 6.45) is 0.0280. The molecule has 2 aromatic carbocycles. The Morgan fingerprint density at radius 3 is 1.50 bits per heavy atom. The number of benzene rings is 2. The average molecular weight is 318 g/mol. The molecule has 2 rings (SSSR count). The van der Waals surface area contributed by atoms with Crippen LogP contribution in [-0.4, -0.2) is 6.67 Å². The van der Waals surface area contributed by atoms with Crippen molar-refractivity contribution < 1.29 is 26.3 Å². The lowest BCUT2D eigenvalue weighted by Gasteiger charge is -2.27. The average Bonchev–Trinajstić information content (AvgIpc) is 2.48. The highest BCUT2D eigenvalue weighted by molar-refractivity contribution is 5.32. The number of halogens is 6. The van der Waals surface area contributed by atoms with E-state index in [1.165, 1.54) is 12.1 Å². The monoisotopic (exact) mass is 318 g/mol. The van der Waals surface area contributed by atoms with Crippen LogP contribution in [0, 0.1) is 5.82 Å². The quantitative estimate of drug-likeness (QED) is 0.663. The Balaban J connectivity index is 2.36. The van der Waals surface area contributed by atoms with E-state index in [4.69, 9.17) is 0 Å². The van der Waals surface area contributed by atoms with Crippen molar-refractivity contribution in [2.45, 2.75) is 18.3 Å². The maximum Gasteiger partial charge on any atom is 0.339 e. The second-order valence-electron chi connectivity index (χ2n) is 4.79. The second-order valence-corrected chi connectivity index (χ2v) is 4.79. The van der Waals surface area contributed by atoms with Crippen molar-refractivity contribution in [2.75, 3.05) is 6.67 Å². The highest BCUT2D eigenvalue weighted by atomic mass is 19.3. The van der Waals surface area contributed by atoms with Crippen LogP contribution < -0.4 is 0 Å². The zero-order valence-electron chi connectivity index (χ0n) is 11.3. The van der Waals surface area contributed by atoms with Crippen molar-refractivity contribution in [3.8, 4) is 0 Å². The molecule has 0 aromatic heterocycles. The van der Waals surface area contributed by atoms with Gasteiger partial charge in [0.05, 0.1) is 6.67 Å². The molecule has 0 aliphatic carbocycles. The van der Waals surface area contributed by atoms with Gasteiger partial charge in [0.2, 0.25) is 0 Å². The van der Waals surface area contributed by atoms with Crippen LogP contribution >= 0.6 is 0 Å². The van der Waals surface area contributed by atoms with Gasteiger partial charge in [-0.3, -0.25) is 4.39 Å². The van der Waals surface area contributed by atoms with Gasteiger partial charge in [-0.15, -0.1) is 0 Å². The van der Waals surface area contributed by atoms with Gasteiger partial charge >= 0.3 is 11.8 Å². The minimum Gasteiger partial charge on any atom is -0.251 e. The van der Waals surface area contributed by atoms with Crippen molar-refractivity contribution in [3.63, 3.8) is 0 Å². The molecule has 0 aliphatic heterocycles. The molecule has 0 saturated heterocycles. The van der Waals surface area contributed by atoms with E-state index >= 15 is 0 Å². The molecule has 0 fully saturated rings. The van der Waals surface area contributed by atoms with Crippen molar-refractivity contribution in [1.82, 2.24) is 0 Å². The van der Waals surface area contributed by atoms with Gasteiger partial charge in [0.25, 0.3) is 0 Å². The Morgan fingerprint density at radius 1 is 0.682 bits per heavy atom. The molecule has 0 spiro atoms. The number of hydrogen-bond donors (Lipinski definition) is 0. The number of alkyl halides is 5. The fraction of sp³-hybridized carbons (Fsp3) is 0.250. The van der Waals surface area contributed by atoms with Gasteiger partial charge in [-0.25, -0.2) is 4.39 Å². The topological polar surface area (TPSA) is 0 Å². The first-order chi connectivity index (χ1) is 10.3. The summed E-state index contributed by atoms with van der Waals surface area (Å²) in [4.78, 5) is 0. The van der Waals surface area contributed by atoms with E-state index in [0.29, 0.717) is 29.8 Å². The molecular weight excluding hydrogens is 306 g/mol. The van der Waals surface area contributed by atoms with E-state index in [1.54, 1.807) is 0 Å². The first kappa shape index (κ1) is 16.4. The van der Waals surface area contributed by atoms with Gasteiger partial charge in [-0.1, -0.05) is 24.3 Å². The summed E-state index contributed by atoms with van der Waals surface area (Å²) < 4.78 is 81.3. The number of aryl methyl sites for hydroxylation is 1. The van der Waals surface area contributed by atoms with E-state index in [2.05, 4.69) is 0 Å². The molecule has 0 bridgehead atoms. The summed E-state index contributed by atoms with van der Waals surface area (Å²) in [6, 6.07) is 6.72. The summed E-state index contributed by atoms with van der Waals surface area (Å²) in [5.74, 6) is -9.76. The zero-order valence-corrected chi connectivity index (χ0v) is 11.3. The molecule has 0 N–H and O–H groups in total. The maximum absolute atomic E-state index is 14.1. The van der Waals surface area contributed by atoms with Gasteiger partial charge < -0.3 is 0 Å². The summed E-state index contributed by atoms with van der Waals surface area (Å²) in [5.41, 5.74) is -1.43. The van der Waals surface area contributed by atoms with Crippen LogP contribution in [0.2, 0.25) is 0 Å². The Kier molecular flexibility index (Phi) is 4.49. The third-order valence-electron chi connectivity index (χ3n) is 3.30. The van der Waals surface area contributed by atoms with E-state index in [-0.39, 0.29) is 6.42 Å². The predicted octanol–water partition coefficient (Wildman–Crippen LogP) is 5.22. The summed E-state index contributed by atoms with van der Waals surface area (Å²) in [5, 5.41) is 0. The fourth-order valence-electron chi connectivity index (χ4n) is 2.01. The highest BCUT2D eigenvalue weighted by Crippen LogP contribution is 2.49. The van der Waals surface area contributed by atoms with Crippen molar-refractivity contribution >= 4 is 0 Å². The third kappa shape index (κ3) is 2.96. The van der Waals surface area contributed by atoms with E-state index in [1.807, 2.05) is 0 Å². The normalized spacial score (nSPS) is 12.5. The van der Waals surface area contributed by atoms with E-state index in [9.17, 15) is 26.3 Å². The lowest BCUT2D eigenvalue weighted by Crippen LogP contribution is -2.35. The van der Waals surface area contributed by atoms with E-state index < -0.39 is 35.5 Å². The van der Waals surface area contributed by atoms with Gasteiger partial charge in [0.1, 0.15) is 5.82 Å². The molecule has 0 atom stereocenters. The first-order valence-corrected chi connectivity index (χ1v) is 6.46. The van der Waals surface area contributed by atoms with Crippen LogP contribution in [0.3, 0.4) is 0 Å². The molecule has 0 aliphatic rings. The molecule has 0 nitrogen and oxygen atoms in total. The summed E-state index contributed by atoms with van der Waals surface area (Å²) >= 11 is 0. The van der Waals surface area contributed by atoms with E-state index in [0.717, 1.165) is 12.1 Å². The van der Waals surface area contributed by atoms with Crippen LogP contribution in [0.5, 0.6) is 0 Å². The molecule has 0 amide bonds. The molecule has 6 heteroatoms. The van der Waals surface area contributed by atoms with Gasteiger partial charge in [-0.2, -0.15) is 17.6 Å². The molecule has 22 heavy (non-hydrogen) atoms. The predicted molar refractivity (Wildman–Crippen MR) is 70.3 cm³/mol. The van der Waals surface area contributed by atoms with Gasteiger partial charge in [0, 0.05) is 17.5 Å². The molecule has 0 radical (unpaired) electrons. The molecule has 0 saturated carbocycles.